The zero-order valence-corrected chi connectivity index (χ0v) is 18.5. The van der Waals surface area contributed by atoms with Gasteiger partial charge in [-0.3, -0.25) is 0 Å². The summed E-state index contributed by atoms with van der Waals surface area (Å²) in [7, 11) is 0. The van der Waals surface area contributed by atoms with E-state index in [1.807, 2.05) is 60.7 Å². The van der Waals surface area contributed by atoms with E-state index in [0.29, 0.717) is 59.3 Å². The summed E-state index contributed by atoms with van der Waals surface area (Å²) >= 11 is 0. The summed E-state index contributed by atoms with van der Waals surface area (Å²) in [6, 6.07) is 19.7. The molecule has 1 heterocycles. The lowest BCUT2D eigenvalue weighted by Crippen LogP contribution is -2.31. The minimum Gasteiger partial charge on any atom is -0.445 e. The van der Waals surface area contributed by atoms with E-state index in [2.05, 4.69) is 0 Å². The van der Waals surface area contributed by atoms with Crippen LogP contribution in [0.2, 0.25) is 0 Å². The fourth-order valence-electron chi connectivity index (χ4n) is 3.32. The first-order valence-electron chi connectivity index (χ1n) is 11.2. The predicted molar refractivity (Wildman–Crippen MR) is 120 cm³/mol. The van der Waals surface area contributed by atoms with Crippen molar-refractivity contribution in [1.29, 1.82) is 0 Å². The SMILES string of the molecule is O=C(OCc1ccccc1)N1CC[C@H](OCCOCCOCCOCc2ccccc2)C1. The minimum atomic E-state index is -0.291. The fraction of sp³-hybridized carbons (Fsp3) is 0.480. The van der Waals surface area contributed by atoms with Gasteiger partial charge in [0.1, 0.15) is 6.61 Å². The second-order valence-corrected chi connectivity index (χ2v) is 7.53. The highest BCUT2D eigenvalue weighted by molar-refractivity contribution is 5.68. The van der Waals surface area contributed by atoms with Gasteiger partial charge in [-0.2, -0.15) is 0 Å². The molecule has 7 nitrogen and oxygen atoms in total. The summed E-state index contributed by atoms with van der Waals surface area (Å²) < 4.78 is 27.8. The summed E-state index contributed by atoms with van der Waals surface area (Å²) in [6.07, 6.45) is 0.550. The Bertz CT molecular complexity index is 758. The summed E-state index contributed by atoms with van der Waals surface area (Å²) in [5.41, 5.74) is 2.14. The van der Waals surface area contributed by atoms with E-state index < -0.39 is 0 Å². The van der Waals surface area contributed by atoms with Gasteiger partial charge in [0.05, 0.1) is 58.9 Å². The molecule has 0 saturated carbocycles. The van der Waals surface area contributed by atoms with Gasteiger partial charge in [0, 0.05) is 6.54 Å². The predicted octanol–water partition coefficient (Wildman–Crippen LogP) is 3.66. The van der Waals surface area contributed by atoms with E-state index in [0.717, 1.165) is 17.5 Å². The maximum absolute atomic E-state index is 12.2. The number of hydrogen-bond donors (Lipinski definition) is 0. The molecule has 2 aromatic carbocycles. The summed E-state index contributed by atoms with van der Waals surface area (Å²) in [5, 5.41) is 0. The van der Waals surface area contributed by atoms with Crippen LogP contribution in [0.3, 0.4) is 0 Å². The third-order valence-electron chi connectivity index (χ3n) is 5.05. The van der Waals surface area contributed by atoms with Gasteiger partial charge in [0.25, 0.3) is 0 Å². The third kappa shape index (κ3) is 9.36. The molecule has 174 valence electrons. The van der Waals surface area contributed by atoms with Crippen LogP contribution in [0.5, 0.6) is 0 Å². The van der Waals surface area contributed by atoms with Crippen LogP contribution in [0.15, 0.2) is 60.7 Å². The zero-order chi connectivity index (χ0) is 22.3. The Labute approximate surface area is 190 Å². The molecule has 32 heavy (non-hydrogen) atoms. The molecule has 2 aromatic rings. The molecule has 1 amide bonds. The molecular formula is C25H33NO6. The first-order chi connectivity index (χ1) is 15.8. The molecule has 0 spiro atoms. The molecule has 0 bridgehead atoms. The van der Waals surface area contributed by atoms with Crippen LogP contribution in [-0.4, -0.2) is 69.8 Å². The molecule has 0 unspecified atom stereocenters. The number of likely N-dealkylation sites (tertiary alicyclic amines) is 1. The molecular weight excluding hydrogens is 410 g/mol. The zero-order valence-electron chi connectivity index (χ0n) is 18.5. The van der Waals surface area contributed by atoms with Crippen molar-refractivity contribution in [2.24, 2.45) is 0 Å². The van der Waals surface area contributed by atoms with Crippen LogP contribution in [0, 0.1) is 0 Å². The Morgan fingerprint density at radius 3 is 1.97 bits per heavy atom. The second kappa shape index (κ2) is 14.6. The highest BCUT2D eigenvalue weighted by Gasteiger charge is 2.27. The van der Waals surface area contributed by atoms with Crippen LogP contribution >= 0.6 is 0 Å². The Morgan fingerprint density at radius 1 is 0.750 bits per heavy atom. The number of carbonyl (C=O) groups is 1. The highest BCUT2D eigenvalue weighted by atomic mass is 16.6. The average Bonchev–Trinajstić information content (AvgIpc) is 3.31. The molecule has 1 fully saturated rings. The first-order valence-corrected chi connectivity index (χ1v) is 11.2. The van der Waals surface area contributed by atoms with Crippen molar-refractivity contribution in [1.82, 2.24) is 4.90 Å². The van der Waals surface area contributed by atoms with Crippen LogP contribution < -0.4 is 0 Å². The average molecular weight is 444 g/mol. The van der Waals surface area contributed by atoms with Gasteiger partial charge >= 0.3 is 6.09 Å². The van der Waals surface area contributed by atoms with Crippen molar-refractivity contribution in [3.8, 4) is 0 Å². The molecule has 1 saturated heterocycles. The van der Waals surface area contributed by atoms with Crippen molar-refractivity contribution < 1.29 is 28.5 Å². The van der Waals surface area contributed by atoms with Gasteiger partial charge in [-0.25, -0.2) is 4.79 Å². The first kappa shape index (κ1) is 24.2. The number of amides is 1. The number of benzene rings is 2. The normalized spacial score (nSPS) is 15.8. The maximum Gasteiger partial charge on any atom is 0.410 e. The largest absolute Gasteiger partial charge is 0.445 e. The van der Waals surface area contributed by atoms with E-state index >= 15 is 0 Å². The molecule has 1 atom stereocenters. The summed E-state index contributed by atoms with van der Waals surface area (Å²) in [6.45, 7) is 5.25. The van der Waals surface area contributed by atoms with Gasteiger partial charge in [0.2, 0.25) is 0 Å². The molecule has 0 aromatic heterocycles. The lowest BCUT2D eigenvalue weighted by Gasteiger charge is -2.16. The quantitative estimate of drug-likeness (QED) is 0.415. The van der Waals surface area contributed by atoms with Crippen molar-refractivity contribution in [2.75, 3.05) is 52.7 Å². The van der Waals surface area contributed by atoms with Gasteiger partial charge in [-0.05, 0) is 17.5 Å². The van der Waals surface area contributed by atoms with Gasteiger partial charge < -0.3 is 28.6 Å². The second-order valence-electron chi connectivity index (χ2n) is 7.53. The monoisotopic (exact) mass is 443 g/mol. The molecule has 0 radical (unpaired) electrons. The Morgan fingerprint density at radius 2 is 1.31 bits per heavy atom. The lowest BCUT2D eigenvalue weighted by atomic mass is 10.2. The highest BCUT2D eigenvalue weighted by Crippen LogP contribution is 2.14. The fourth-order valence-corrected chi connectivity index (χ4v) is 3.32. The van der Waals surface area contributed by atoms with E-state index in [1.54, 1.807) is 4.90 Å². The number of hydrogen-bond acceptors (Lipinski definition) is 6. The standard InChI is InChI=1S/C25H33NO6/c27-25(32-21-23-9-5-2-6-10-23)26-12-11-24(19-26)31-18-17-29-14-13-28-15-16-30-20-22-7-3-1-4-8-22/h1-10,24H,11-21H2/t24-/m0/s1. The van der Waals surface area contributed by atoms with Crippen molar-refractivity contribution in [2.45, 2.75) is 25.7 Å². The van der Waals surface area contributed by atoms with Crippen LogP contribution in [0.1, 0.15) is 17.5 Å². The maximum atomic E-state index is 12.2. The van der Waals surface area contributed by atoms with E-state index in [4.69, 9.17) is 23.7 Å². The summed E-state index contributed by atoms with van der Waals surface area (Å²) in [5.74, 6) is 0. The Balaban J connectivity index is 1.11. The number of ether oxygens (including phenoxy) is 5. The van der Waals surface area contributed by atoms with Gasteiger partial charge in [-0.1, -0.05) is 60.7 Å². The van der Waals surface area contributed by atoms with Crippen molar-refractivity contribution in [3.63, 3.8) is 0 Å². The number of nitrogens with zero attached hydrogens (tertiary/aromatic N) is 1. The van der Waals surface area contributed by atoms with Gasteiger partial charge in [-0.15, -0.1) is 0 Å². The van der Waals surface area contributed by atoms with E-state index in [9.17, 15) is 4.79 Å². The molecule has 7 heteroatoms. The number of carbonyl (C=O) groups excluding carboxylic acids is 1. The third-order valence-corrected chi connectivity index (χ3v) is 5.05. The minimum absolute atomic E-state index is 0.0286. The molecule has 0 N–H and O–H groups in total. The lowest BCUT2D eigenvalue weighted by molar-refractivity contribution is -0.0176. The van der Waals surface area contributed by atoms with Crippen LogP contribution in [-0.2, 0) is 36.9 Å². The van der Waals surface area contributed by atoms with Crippen LogP contribution in [0.25, 0.3) is 0 Å². The Hall–Kier alpha value is -2.45. The smallest absolute Gasteiger partial charge is 0.410 e. The molecule has 0 aliphatic carbocycles. The molecule has 3 rings (SSSR count). The van der Waals surface area contributed by atoms with E-state index in [-0.39, 0.29) is 18.8 Å². The Kier molecular flexibility index (Phi) is 11.0. The molecule has 1 aliphatic rings. The molecule has 1 aliphatic heterocycles. The summed E-state index contributed by atoms with van der Waals surface area (Å²) in [4.78, 5) is 13.9. The van der Waals surface area contributed by atoms with E-state index in [1.165, 1.54) is 0 Å². The van der Waals surface area contributed by atoms with Gasteiger partial charge in [0.15, 0.2) is 0 Å². The van der Waals surface area contributed by atoms with Crippen molar-refractivity contribution >= 4 is 6.09 Å². The topological polar surface area (TPSA) is 66.5 Å². The number of rotatable bonds is 14. The van der Waals surface area contributed by atoms with Crippen LogP contribution in [0.4, 0.5) is 4.79 Å². The van der Waals surface area contributed by atoms with Crippen molar-refractivity contribution in [3.05, 3.63) is 71.8 Å².